The fourth-order valence-corrected chi connectivity index (χ4v) is 1.98. The van der Waals surface area contributed by atoms with Crippen LogP contribution in [-0.2, 0) is 35.1 Å². The average molecular weight is 354 g/mol. The van der Waals surface area contributed by atoms with Crippen molar-refractivity contribution in [3.63, 3.8) is 0 Å². The van der Waals surface area contributed by atoms with Crippen LogP contribution >= 0.6 is 0 Å². The molecule has 0 saturated heterocycles. The molecule has 6 heteroatoms. The van der Waals surface area contributed by atoms with Crippen LogP contribution in [0, 0.1) is 0 Å². The van der Waals surface area contributed by atoms with Gasteiger partial charge in [0.05, 0.1) is 51.8 Å². The highest BCUT2D eigenvalue weighted by Gasteiger charge is 2.13. The molecule has 0 heterocycles. The van der Waals surface area contributed by atoms with Crippen molar-refractivity contribution in [1.29, 1.82) is 0 Å². The normalized spacial score (nSPS) is 13.4. The van der Waals surface area contributed by atoms with Gasteiger partial charge in [0.25, 0.3) is 0 Å². The molecular formula is C19H30O6. The summed E-state index contributed by atoms with van der Waals surface area (Å²) in [5, 5.41) is 0. The third-order valence-corrected chi connectivity index (χ3v) is 3.51. The van der Waals surface area contributed by atoms with E-state index in [0.29, 0.717) is 39.6 Å². The van der Waals surface area contributed by atoms with Crippen molar-refractivity contribution < 1.29 is 28.5 Å². The Morgan fingerprint density at radius 1 is 0.920 bits per heavy atom. The largest absolute Gasteiger partial charge is 0.464 e. The van der Waals surface area contributed by atoms with Gasteiger partial charge in [-0.1, -0.05) is 30.3 Å². The van der Waals surface area contributed by atoms with Gasteiger partial charge in [-0.15, -0.1) is 0 Å². The summed E-state index contributed by atoms with van der Waals surface area (Å²) in [6.45, 7) is 8.36. The van der Waals surface area contributed by atoms with Crippen LogP contribution in [0.4, 0.5) is 0 Å². The Labute approximate surface area is 150 Å². The van der Waals surface area contributed by atoms with Gasteiger partial charge in [-0.2, -0.15) is 0 Å². The first kappa shape index (κ1) is 21.6. The van der Waals surface area contributed by atoms with Gasteiger partial charge in [0.2, 0.25) is 0 Å². The standard InChI is InChI=1S/C19H30O6/c1-4-23-19(20)15-22-11-13-25-17(3)16(2)24-12-10-21-14-18-8-6-5-7-9-18/h5-9,16-17H,4,10-15H2,1-3H3/t16-,17-/m1/s1. The summed E-state index contributed by atoms with van der Waals surface area (Å²) in [7, 11) is 0. The van der Waals surface area contributed by atoms with Gasteiger partial charge in [-0.05, 0) is 26.3 Å². The average Bonchev–Trinajstić information content (AvgIpc) is 2.62. The third-order valence-electron chi connectivity index (χ3n) is 3.51. The monoisotopic (exact) mass is 354 g/mol. The molecule has 0 unspecified atom stereocenters. The maximum absolute atomic E-state index is 11.1. The molecule has 0 bridgehead atoms. The van der Waals surface area contributed by atoms with Crippen molar-refractivity contribution in [2.24, 2.45) is 0 Å². The number of hydrogen-bond donors (Lipinski definition) is 0. The van der Waals surface area contributed by atoms with Crippen LogP contribution in [0.1, 0.15) is 26.3 Å². The van der Waals surface area contributed by atoms with E-state index in [4.69, 9.17) is 23.7 Å². The van der Waals surface area contributed by atoms with Gasteiger partial charge < -0.3 is 23.7 Å². The number of esters is 1. The lowest BCUT2D eigenvalue weighted by Gasteiger charge is -2.21. The third kappa shape index (κ3) is 10.9. The lowest BCUT2D eigenvalue weighted by molar-refractivity contribution is -0.149. The first-order chi connectivity index (χ1) is 12.1. The highest BCUT2D eigenvalue weighted by molar-refractivity contribution is 5.70. The summed E-state index contributed by atoms with van der Waals surface area (Å²) in [5.74, 6) is -0.359. The summed E-state index contributed by atoms with van der Waals surface area (Å²) in [5.41, 5.74) is 1.15. The van der Waals surface area contributed by atoms with Gasteiger partial charge >= 0.3 is 5.97 Å². The number of rotatable bonds is 14. The fourth-order valence-electron chi connectivity index (χ4n) is 1.98. The van der Waals surface area contributed by atoms with E-state index in [9.17, 15) is 4.79 Å². The van der Waals surface area contributed by atoms with Crippen LogP contribution in [-0.4, -0.2) is 57.8 Å². The van der Waals surface area contributed by atoms with Gasteiger partial charge in [-0.3, -0.25) is 0 Å². The van der Waals surface area contributed by atoms with Gasteiger partial charge in [0.1, 0.15) is 6.61 Å². The Hall–Kier alpha value is -1.47. The van der Waals surface area contributed by atoms with E-state index in [1.807, 2.05) is 44.2 Å². The quantitative estimate of drug-likeness (QED) is 0.378. The second-order valence-electron chi connectivity index (χ2n) is 5.55. The molecule has 0 spiro atoms. The molecule has 0 radical (unpaired) electrons. The Bertz CT molecular complexity index is 450. The van der Waals surface area contributed by atoms with Crippen LogP contribution in [0.3, 0.4) is 0 Å². The predicted octanol–water partition coefficient (Wildman–Crippen LogP) is 2.59. The van der Waals surface area contributed by atoms with E-state index >= 15 is 0 Å². The number of benzene rings is 1. The van der Waals surface area contributed by atoms with Crippen molar-refractivity contribution in [1.82, 2.24) is 0 Å². The molecule has 0 N–H and O–H groups in total. The van der Waals surface area contributed by atoms with E-state index in [1.165, 1.54) is 0 Å². The van der Waals surface area contributed by atoms with Crippen molar-refractivity contribution in [2.75, 3.05) is 39.6 Å². The zero-order valence-corrected chi connectivity index (χ0v) is 15.4. The van der Waals surface area contributed by atoms with E-state index in [2.05, 4.69) is 0 Å². The van der Waals surface area contributed by atoms with E-state index < -0.39 is 0 Å². The summed E-state index contributed by atoms with van der Waals surface area (Å²) in [6, 6.07) is 10.0. The fraction of sp³-hybridized carbons (Fsp3) is 0.632. The number of hydrogen-bond acceptors (Lipinski definition) is 6. The first-order valence-electron chi connectivity index (χ1n) is 8.71. The van der Waals surface area contributed by atoms with Crippen LogP contribution in [0.25, 0.3) is 0 Å². The molecule has 25 heavy (non-hydrogen) atoms. The summed E-state index contributed by atoms with van der Waals surface area (Å²) < 4.78 is 26.8. The summed E-state index contributed by atoms with van der Waals surface area (Å²) in [4.78, 5) is 11.1. The summed E-state index contributed by atoms with van der Waals surface area (Å²) >= 11 is 0. The zero-order chi connectivity index (χ0) is 18.3. The van der Waals surface area contributed by atoms with Crippen molar-refractivity contribution >= 4 is 5.97 Å². The topological polar surface area (TPSA) is 63.2 Å². The van der Waals surface area contributed by atoms with E-state index in [0.717, 1.165) is 5.56 Å². The van der Waals surface area contributed by atoms with Gasteiger partial charge in [0.15, 0.2) is 0 Å². The van der Waals surface area contributed by atoms with Crippen molar-refractivity contribution in [3.05, 3.63) is 35.9 Å². The SMILES string of the molecule is CCOC(=O)COCCO[C@H](C)[C@@H](C)OCCOCc1ccccc1. The van der Waals surface area contributed by atoms with Crippen molar-refractivity contribution in [3.8, 4) is 0 Å². The minimum Gasteiger partial charge on any atom is -0.464 e. The molecule has 1 aromatic rings. The molecule has 0 saturated carbocycles. The first-order valence-corrected chi connectivity index (χ1v) is 8.71. The molecule has 2 atom stereocenters. The van der Waals surface area contributed by atoms with Gasteiger partial charge in [0, 0.05) is 0 Å². The molecule has 142 valence electrons. The Morgan fingerprint density at radius 2 is 1.52 bits per heavy atom. The minimum atomic E-state index is -0.359. The molecule has 0 aliphatic heterocycles. The Morgan fingerprint density at radius 3 is 2.12 bits per heavy atom. The Balaban J connectivity index is 1.98. The highest BCUT2D eigenvalue weighted by Crippen LogP contribution is 2.04. The number of carbonyl (C=O) groups excluding carboxylic acids is 1. The van der Waals surface area contributed by atoms with E-state index in [-0.39, 0.29) is 24.8 Å². The minimum absolute atomic E-state index is 0.0453. The zero-order valence-electron chi connectivity index (χ0n) is 15.4. The maximum atomic E-state index is 11.1. The molecule has 1 aromatic carbocycles. The molecular weight excluding hydrogens is 324 g/mol. The molecule has 0 aliphatic rings. The summed E-state index contributed by atoms with van der Waals surface area (Å²) in [6.07, 6.45) is -0.120. The molecule has 0 aromatic heterocycles. The molecule has 0 aliphatic carbocycles. The molecule has 6 nitrogen and oxygen atoms in total. The van der Waals surface area contributed by atoms with Crippen LogP contribution in [0.15, 0.2) is 30.3 Å². The van der Waals surface area contributed by atoms with E-state index in [1.54, 1.807) is 6.92 Å². The lowest BCUT2D eigenvalue weighted by Crippen LogP contribution is -2.29. The molecule has 0 fully saturated rings. The molecule has 1 rings (SSSR count). The van der Waals surface area contributed by atoms with Gasteiger partial charge in [-0.25, -0.2) is 4.79 Å². The Kier molecular flexibility index (Phi) is 11.9. The van der Waals surface area contributed by atoms with Crippen LogP contribution in [0.2, 0.25) is 0 Å². The predicted molar refractivity (Wildman–Crippen MR) is 94.4 cm³/mol. The molecule has 0 amide bonds. The van der Waals surface area contributed by atoms with Crippen molar-refractivity contribution in [2.45, 2.75) is 39.6 Å². The second kappa shape index (κ2) is 13.8. The number of ether oxygens (including phenoxy) is 5. The smallest absolute Gasteiger partial charge is 0.332 e. The second-order valence-corrected chi connectivity index (χ2v) is 5.55. The maximum Gasteiger partial charge on any atom is 0.332 e. The highest BCUT2D eigenvalue weighted by atomic mass is 16.6. The lowest BCUT2D eigenvalue weighted by atomic mass is 10.2. The van der Waals surface area contributed by atoms with Crippen LogP contribution < -0.4 is 0 Å². The number of carbonyl (C=O) groups is 1. The van der Waals surface area contributed by atoms with Crippen LogP contribution in [0.5, 0.6) is 0 Å².